The van der Waals surface area contributed by atoms with Crippen LogP contribution < -0.4 is 4.90 Å². The third-order valence-corrected chi connectivity index (χ3v) is 6.47. The summed E-state index contributed by atoms with van der Waals surface area (Å²) in [6, 6.07) is 20.1. The van der Waals surface area contributed by atoms with E-state index in [1.165, 1.54) is 28.0 Å². The molecular formula is C24H29N4O3+. The predicted molar refractivity (Wildman–Crippen MR) is 116 cm³/mol. The minimum absolute atomic E-state index is 0.0432. The van der Waals surface area contributed by atoms with Crippen molar-refractivity contribution in [2.75, 3.05) is 40.3 Å². The molecule has 1 N–H and O–H groups in total. The van der Waals surface area contributed by atoms with Crippen molar-refractivity contribution in [2.24, 2.45) is 0 Å². The SMILES string of the molecule is CN1C(=O)[C@H](CC(=O)N2CC[NH+](C(c3ccccc3)c3ccccc3)CC2)N(C)C1=O. The molecule has 0 saturated carbocycles. The molecular weight excluding hydrogens is 392 g/mol. The maximum atomic E-state index is 12.9. The molecule has 0 spiro atoms. The largest absolute Gasteiger partial charge is 0.331 e. The number of benzene rings is 2. The zero-order valence-corrected chi connectivity index (χ0v) is 18.0. The number of carbonyl (C=O) groups excluding carboxylic acids is 3. The Bertz CT molecular complexity index is 902. The lowest BCUT2D eigenvalue weighted by Gasteiger charge is -2.37. The van der Waals surface area contributed by atoms with Crippen molar-refractivity contribution in [3.05, 3.63) is 71.8 Å². The van der Waals surface area contributed by atoms with Gasteiger partial charge in [-0.1, -0.05) is 60.7 Å². The molecule has 0 radical (unpaired) electrons. The molecule has 31 heavy (non-hydrogen) atoms. The van der Waals surface area contributed by atoms with Gasteiger partial charge in [-0.25, -0.2) is 4.79 Å². The highest BCUT2D eigenvalue weighted by Crippen LogP contribution is 2.20. The number of hydrogen-bond acceptors (Lipinski definition) is 3. The number of carbonyl (C=O) groups is 3. The first kappa shape index (κ1) is 21.1. The topological polar surface area (TPSA) is 65.4 Å². The van der Waals surface area contributed by atoms with Crippen LogP contribution >= 0.6 is 0 Å². The second-order valence-corrected chi connectivity index (χ2v) is 8.30. The summed E-state index contributed by atoms with van der Waals surface area (Å²) >= 11 is 0. The molecule has 0 bridgehead atoms. The first-order valence-corrected chi connectivity index (χ1v) is 10.7. The molecule has 0 aromatic heterocycles. The van der Waals surface area contributed by atoms with Crippen molar-refractivity contribution in [1.82, 2.24) is 14.7 Å². The van der Waals surface area contributed by atoms with Crippen molar-refractivity contribution < 1.29 is 19.3 Å². The van der Waals surface area contributed by atoms with E-state index in [1.807, 2.05) is 17.0 Å². The van der Waals surface area contributed by atoms with Gasteiger partial charge in [-0.15, -0.1) is 0 Å². The van der Waals surface area contributed by atoms with Gasteiger partial charge in [0.15, 0.2) is 0 Å². The number of imide groups is 1. The second-order valence-electron chi connectivity index (χ2n) is 8.30. The molecule has 7 nitrogen and oxygen atoms in total. The van der Waals surface area contributed by atoms with Crippen molar-refractivity contribution >= 4 is 17.8 Å². The summed E-state index contributed by atoms with van der Waals surface area (Å²) in [6.07, 6.45) is 0.0432. The van der Waals surface area contributed by atoms with Gasteiger partial charge in [0.25, 0.3) is 5.91 Å². The fourth-order valence-corrected chi connectivity index (χ4v) is 4.66. The number of nitrogens with one attached hydrogen (secondary N) is 1. The van der Waals surface area contributed by atoms with Crippen LogP contribution in [0.5, 0.6) is 0 Å². The third kappa shape index (κ3) is 4.18. The zero-order valence-electron chi connectivity index (χ0n) is 18.0. The van der Waals surface area contributed by atoms with Gasteiger partial charge >= 0.3 is 6.03 Å². The molecule has 2 aliphatic rings. The van der Waals surface area contributed by atoms with Crippen LogP contribution in [0.1, 0.15) is 23.6 Å². The maximum absolute atomic E-state index is 12.9. The molecule has 7 heteroatoms. The highest BCUT2D eigenvalue weighted by Gasteiger charge is 2.43. The molecule has 162 valence electrons. The van der Waals surface area contributed by atoms with Gasteiger partial charge < -0.3 is 14.7 Å². The molecule has 4 amide bonds. The lowest BCUT2D eigenvalue weighted by atomic mass is 9.96. The van der Waals surface area contributed by atoms with E-state index in [1.54, 1.807) is 7.05 Å². The fraction of sp³-hybridized carbons (Fsp3) is 0.375. The Hall–Kier alpha value is -3.19. The highest BCUT2D eigenvalue weighted by atomic mass is 16.2. The normalized spacial score (nSPS) is 20.1. The molecule has 2 saturated heterocycles. The van der Waals surface area contributed by atoms with Gasteiger partial charge in [0.2, 0.25) is 5.91 Å². The predicted octanol–water partition coefficient (Wildman–Crippen LogP) is 0.786. The quantitative estimate of drug-likeness (QED) is 0.726. The Kier molecular flexibility index (Phi) is 6.04. The van der Waals surface area contributed by atoms with Crippen LogP contribution in [0.25, 0.3) is 0 Å². The van der Waals surface area contributed by atoms with Crippen LogP contribution in [-0.2, 0) is 9.59 Å². The van der Waals surface area contributed by atoms with E-state index in [0.29, 0.717) is 13.1 Å². The van der Waals surface area contributed by atoms with Crippen LogP contribution in [0.15, 0.2) is 60.7 Å². The van der Waals surface area contributed by atoms with Gasteiger partial charge in [0.1, 0.15) is 12.1 Å². The number of nitrogens with zero attached hydrogens (tertiary/aromatic N) is 3. The molecule has 2 fully saturated rings. The summed E-state index contributed by atoms with van der Waals surface area (Å²) < 4.78 is 0. The Labute approximate surface area is 182 Å². The lowest BCUT2D eigenvalue weighted by molar-refractivity contribution is -0.929. The number of rotatable bonds is 5. The van der Waals surface area contributed by atoms with Crippen molar-refractivity contribution in [3.63, 3.8) is 0 Å². The summed E-state index contributed by atoms with van der Waals surface area (Å²) in [5, 5.41) is 0. The van der Waals surface area contributed by atoms with E-state index in [0.717, 1.165) is 18.0 Å². The third-order valence-electron chi connectivity index (χ3n) is 6.47. The molecule has 0 unspecified atom stereocenters. The smallest absolute Gasteiger partial charge is 0.326 e. The van der Waals surface area contributed by atoms with Gasteiger partial charge in [-0.2, -0.15) is 0 Å². The molecule has 4 rings (SSSR count). The number of piperazine rings is 1. The van der Waals surface area contributed by atoms with E-state index in [-0.39, 0.29) is 30.3 Å². The van der Waals surface area contributed by atoms with Crippen LogP contribution in [0.3, 0.4) is 0 Å². The Balaban J connectivity index is 1.43. The average molecular weight is 422 g/mol. The second kappa shape index (κ2) is 8.89. The highest BCUT2D eigenvalue weighted by molar-refractivity contribution is 6.05. The van der Waals surface area contributed by atoms with E-state index in [2.05, 4.69) is 48.5 Å². The van der Waals surface area contributed by atoms with Crippen molar-refractivity contribution in [2.45, 2.75) is 18.5 Å². The Morgan fingerprint density at radius 1 is 0.935 bits per heavy atom. The number of quaternary nitrogens is 1. The molecule has 0 aliphatic carbocycles. The van der Waals surface area contributed by atoms with Crippen LogP contribution in [0.2, 0.25) is 0 Å². The summed E-state index contributed by atoms with van der Waals surface area (Å²) in [4.78, 5) is 42.9. The molecule has 1 atom stereocenters. The molecule has 2 heterocycles. The number of hydrogen-bond donors (Lipinski definition) is 1. The van der Waals surface area contributed by atoms with Gasteiger partial charge in [0.05, 0.1) is 32.6 Å². The molecule has 2 aromatic carbocycles. The van der Waals surface area contributed by atoms with Crippen LogP contribution in [0.4, 0.5) is 4.79 Å². The van der Waals surface area contributed by atoms with Crippen molar-refractivity contribution in [1.29, 1.82) is 0 Å². The molecule has 2 aliphatic heterocycles. The van der Waals surface area contributed by atoms with E-state index in [9.17, 15) is 14.4 Å². The average Bonchev–Trinajstić information content (AvgIpc) is 2.99. The number of amides is 4. The minimum atomic E-state index is -0.697. The maximum Gasteiger partial charge on any atom is 0.326 e. The van der Waals surface area contributed by atoms with Crippen LogP contribution in [-0.4, -0.2) is 78.9 Å². The van der Waals surface area contributed by atoms with E-state index in [4.69, 9.17) is 0 Å². The van der Waals surface area contributed by atoms with Gasteiger partial charge in [0, 0.05) is 25.2 Å². The van der Waals surface area contributed by atoms with Crippen LogP contribution in [0, 0.1) is 0 Å². The summed E-state index contributed by atoms with van der Waals surface area (Å²) in [7, 11) is 3.04. The Morgan fingerprint density at radius 3 is 1.90 bits per heavy atom. The first-order valence-electron chi connectivity index (χ1n) is 10.7. The standard InChI is InChI=1S/C24H28N4O3/c1-25-20(23(30)26(2)24(25)31)17-21(29)27-13-15-28(16-14-27)22(18-9-5-3-6-10-18)19-11-7-4-8-12-19/h3-12,20,22H,13-17H2,1-2H3/p+1/t20-/m0/s1. The van der Waals surface area contributed by atoms with Gasteiger partial charge in [-0.05, 0) is 0 Å². The minimum Gasteiger partial charge on any atom is -0.331 e. The summed E-state index contributed by atoms with van der Waals surface area (Å²) in [5.74, 6) is -0.373. The Morgan fingerprint density at radius 2 is 1.45 bits per heavy atom. The molecule has 2 aromatic rings. The van der Waals surface area contributed by atoms with Crippen molar-refractivity contribution in [3.8, 4) is 0 Å². The monoisotopic (exact) mass is 421 g/mol. The number of likely N-dealkylation sites (N-methyl/N-ethyl adjacent to an activating group) is 2. The van der Waals surface area contributed by atoms with Gasteiger partial charge in [-0.3, -0.25) is 14.5 Å². The summed E-state index contributed by atoms with van der Waals surface area (Å²) in [5.41, 5.74) is 2.53. The van der Waals surface area contributed by atoms with E-state index < -0.39 is 6.04 Å². The number of urea groups is 1. The van der Waals surface area contributed by atoms with E-state index >= 15 is 0 Å². The lowest BCUT2D eigenvalue weighted by Crippen LogP contribution is -3.15. The summed E-state index contributed by atoms with van der Waals surface area (Å²) in [6.45, 7) is 2.93. The fourth-order valence-electron chi connectivity index (χ4n) is 4.66. The zero-order chi connectivity index (χ0) is 22.0. The first-order chi connectivity index (χ1) is 15.0.